The Bertz CT molecular complexity index is 707. The highest BCUT2D eigenvalue weighted by Gasteiger charge is 2.08. The molecule has 0 aliphatic carbocycles. The van der Waals surface area contributed by atoms with Crippen LogP contribution in [0.3, 0.4) is 0 Å². The Morgan fingerprint density at radius 1 is 1.22 bits per heavy atom. The average Bonchev–Trinajstić information content (AvgIpc) is 2.85. The van der Waals surface area contributed by atoms with Crippen LogP contribution in [0.5, 0.6) is 0 Å². The van der Waals surface area contributed by atoms with Crippen LogP contribution in [0.1, 0.15) is 5.56 Å². The van der Waals surface area contributed by atoms with Crippen LogP contribution in [-0.4, -0.2) is 19.4 Å². The molecule has 0 aromatic carbocycles. The second-order valence-corrected chi connectivity index (χ2v) is 4.68. The summed E-state index contributed by atoms with van der Waals surface area (Å²) < 4.78 is 2.79. The predicted molar refractivity (Wildman–Crippen MR) is 72.9 cm³/mol. The molecule has 0 fully saturated rings. The fourth-order valence-electron chi connectivity index (χ4n) is 1.72. The first-order valence-corrected chi connectivity index (χ1v) is 6.20. The van der Waals surface area contributed by atoms with Crippen molar-refractivity contribution in [3.05, 3.63) is 47.2 Å². The number of anilines is 2. The number of fused-ring (bicyclic) bond motifs is 1. The van der Waals surface area contributed by atoms with E-state index in [9.17, 15) is 0 Å². The third-order valence-corrected chi connectivity index (χ3v) is 3.24. The van der Waals surface area contributed by atoms with E-state index in [4.69, 9.17) is 0 Å². The van der Waals surface area contributed by atoms with Crippen molar-refractivity contribution in [2.24, 2.45) is 0 Å². The first-order chi connectivity index (χ1) is 8.75. The largest absolute Gasteiger partial charge is 0.337 e. The monoisotopic (exact) mass is 303 g/mol. The number of hydrogen-bond acceptors (Lipinski definition) is 4. The molecule has 3 heterocycles. The van der Waals surface area contributed by atoms with Gasteiger partial charge in [-0.15, -0.1) is 0 Å². The normalized spacial score (nSPS) is 10.8. The van der Waals surface area contributed by atoms with Crippen LogP contribution in [0.4, 0.5) is 11.5 Å². The Balaban J connectivity index is 2.08. The third-order valence-electron chi connectivity index (χ3n) is 2.66. The van der Waals surface area contributed by atoms with Gasteiger partial charge in [0.05, 0.1) is 6.20 Å². The van der Waals surface area contributed by atoms with Gasteiger partial charge in [0.2, 0.25) is 0 Å². The van der Waals surface area contributed by atoms with Crippen LogP contribution in [0.25, 0.3) is 5.65 Å². The van der Waals surface area contributed by atoms with Crippen molar-refractivity contribution in [1.29, 1.82) is 0 Å². The lowest BCUT2D eigenvalue weighted by Crippen LogP contribution is -2.00. The summed E-state index contributed by atoms with van der Waals surface area (Å²) in [5.74, 6) is 0.720. The predicted octanol–water partition coefficient (Wildman–Crippen LogP) is 2.94. The molecule has 5 nitrogen and oxygen atoms in total. The molecular formula is C12H10BrN5. The molecule has 3 rings (SSSR count). The Morgan fingerprint density at radius 2 is 2.11 bits per heavy atom. The molecule has 0 unspecified atom stereocenters. The highest BCUT2D eigenvalue weighted by molar-refractivity contribution is 9.10. The van der Waals surface area contributed by atoms with Gasteiger partial charge < -0.3 is 5.32 Å². The van der Waals surface area contributed by atoms with Gasteiger partial charge in [-0.3, -0.25) is 9.38 Å². The van der Waals surface area contributed by atoms with Crippen molar-refractivity contribution >= 4 is 33.1 Å². The topological polar surface area (TPSA) is 55.1 Å². The molecule has 0 spiro atoms. The number of imidazole rings is 1. The highest BCUT2D eigenvalue weighted by Crippen LogP contribution is 2.23. The minimum atomic E-state index is 0.720. The van der Waals surface area contributed by atoms with Crippen LogP contribution in [0.2, 0.25) is 0 Å². The van der Waals surface area contributed by atoms with Gasteiger partial charge in [0.15, 0.2) is 11.5 Å². The smallest absolute Gasteiger partial charge is 0.181 e. The first kappa shape index (κ1) is 11.2. The van der Waals surface area contributed by atoms with E-state index in [1.807, 2.05) is 29.8 Å². The Kier molecular flexibility index (Phi) is 2.71. The molecule has 3 aromatic rings. The van der Waals surface area contributed by atoms with Gasteiger partial charge in [-0.2, -0.15) is 0 Å². The summed E-state index contributed by atoms with van der Waals surface area (Å²) in [4.78, 5) is 12.7. The highest BCUT2D eigenvalue weighted by atomic mass is 79.9. The van der Waals surface area contributed by atoms with Crippen LogP contribution in [0, 0.1) is 6.92 Å². The Labute approximate surface area is 112 Å². The molecule has 1 N–H and O–H groups in total. The number of hydrogen-bond donors (Lipinski definition) is 1. The number of nitrogens with one attached hydrogen (secondary N) is 1. The fourth-order valence-corrected chi connectivity index (χ4v) is 2.11. The van der Waals surface area contributed by atoms with E-state index in [1.54, 1.807) is 18.6 Å². The number of rotatable bonds is 2. The fraction of sp³-hybridized carbons (Fsp3) is 0.0833. The summed E-state index contributed by atoms with van der Waals surface area (Å²) >= 11 is 3.43. The quantitative estimate of drug-likeness (QED) is 0.791. The Morgan fingerprint density at radius 3 is 2.94 bits per heavy atom. The number of aryl methyl sites for hydroxylation is 1. The maximum absolute atomic E-state index is 4.35. The van der Waals surface area contributed by atoms with E-state index >= 15 is 0 Å². The van der Waals surface area contributed by atoms with Crippen molar-refractivity contribution in [2.45, 2.75) is 6.92 Å². The number of halogens is 1. The van der Waals surface area contributed by atoms with Crippen LogP contribution < -0.4 is 5.32 Å². The van der Waals surface area contributed by atoms with Crippen LogP contribution in [0.15, 0.2) is 41.7 Å². The second-order valence-electron chi connectivity index (χ2n) is 3.87. The summed E-state index contributed by atoms with van der Waals surface area (Å²) in [6, 6.07) is 1.92. The summed E-state index contributed by atoms with van der Waals surface area (Å²) in [7, 11) is 0. The summed E-state index contributed by atoms with van der Waals surface area (Å²) in [5.41, 5.74) is 2.82. The molecule has 18 heavy (non-hydrogen) atoms. The summed E-state index contributed by atoms with van der Waals surface area (Å²) in [6.07, 6.45) is 8.92. The number of aromatic nitrogens is 4. The number of pyridine rings is 1. The van der Waals surface area contributed by atoms with Crippen molar-refractivity contribution in [3.63, 3.8) is 0 Å². The van der Waals surface area contributed by atoms with E-state index in [1.165, 1.54) is 0 Å². The van der Waals surface area contributed by atoms with Gasteiger partial charge in [0.25, 0.3) is 0 Å². The lowest BCUT2D eigenvalue weighted by atomic mass is 10.2. The van der Waals surface area contributed by atoms with Crippen LogP contribution >= 0.6 is 15.9 Å². The van der Waals surface area contributed by atoms with Gasteiger partial charge in [0.1, 0.15) is 4.60 Å². The molecule has 0 amide bonds. The first-order valence-electron chi connectivity index (χ1n) is 5.41. The Hall–Kier alpha value is -1.95. The zero-order valence-corrected chi connectivity index (χ0v) is 11.2. The zero-order valence-electron chi connectivity index (χ0n) is 9.63. The molecule has 3 aromatic heterocycles. The van der Waals surface area contributed by atoms with E-state index < -0.39 is 0 Å². The van der Waals surface area contributed by atoms with Crippen molar-refractivity contribution in [3.8, 4) is 0 Å². The van der Waals surface area contributed by atoms with E-state index in [0.717, 1.165) is 27.3 Å². The summed E-state index contributed by atoms with van der Waals surface area (Å²) in [6.45, 7) is 2.00. The molecule has 6 heteroatoms. The SMILES string of the molecule is Cc1cnccc1Nc1ncc(Br)n2ccnc12. The molecular weight excluding hydrogens is 294 g/mol. The third kappa shape index (κ3) is 1.84. The summed E-state index contributed by atoms with van der Waals surface area (Å²) in [5, 5.41) is 3.27. The lowest BCUT2D eigenvalue weighted by Gasteiger charge is -2.09. The lowest BCUT2D eigenvalue weighted by molar-refractivity contribution is 1.09. The zero-order chi connectivity index (χ0) is 12.5. The van der Waals surface area contributed by atoms with Gasteiger partial charge in [-0.05, 0) is 34.5 Å². The van der Waals surface area contributed by atoms with Crippen molar-refractivity contribution < 1.29 is 0 Å². The van der Waals surface area contributed by atoms with Gasteiger partial charge in [-0.25, -0.2) is 9.97 Å². The molecule has 0 bridgehead atoms. The minimum Gasteiger partial charge on any atom is -0.337 e. The molecule has 0 atom stereocenters. The molecule has 90 valence electrons. The van der Waals surface area contributed by atoms with Gasteiger partial charge in [0, 0.05) is 30.5 Å². The minimum absolute atomic E-state index is 0.720. The van der Waals surface area contributed by atoms with E-state index in [2.05, 4.69) is 36.2 Å². The van der Waals surface area contributed by atoms with Gasteiger partial charge >= 0.3 is 0 Å². The molecule has 0 aliphatic heterocycles. The molecule has 0 saturated carbocycles. The maximum atomic E-state index is 4.35. The van der Waals surface area contributed by atoms with Crippen LogP contribution in [-0.2, 0) is 0 Å². The average molecular weight is 304 g/mol. The standard InChI is InChI=1S/C12H10BrN5/c1-8-6-14-3-2-9(8)17-11-12-15-4-5-18(12)10(13)7-16-11/h2-7H,1H3,(H,14,16,17). The van der Waals surface area contributed by atoms with Gasteiger partial charge in [-0.1, -0.05) is 0 Å². The molecule has 0 aliphatic rings. The maximum Gasteiger partial charge on any atom is 0.181 e. The second kappa shape index (κ2) is 4.38. The number of nitrogens with zero attached hydrogens (tertiary/aromatic N) is 4. The van der Waals surface area contributed by atoms with Crippen molar-refractivity contribution in [1.82, 2.24) is 19.4 Å². The van der Waals surface area contributed by atoms with E-state index in [-0.39, 0.29) is 0 Å². The molecule has 0 radical (unpaired) electrons. The van der Waals surface area contributed by atoms with Crippen molar-refractivity contribution in [2.75, 3.05) is 5.32 Å². The molecule has 0 saturated heterocycles. The van der Waals surface area contributed by atoms with E-state index in [0.29, 0.717) is 0 Å².